The molecule has 0 spiro atoms. The topological polar surface area (TPSA) is 109 Å². The highest BCUT2D eigenvalue weighted by molar-refractivity contribution is 5.76. The van der Waals surface area contributed by atoms with Gasteiger partial charge in [-0.05, 0) is 18.1 Å². The Balaban J connectivity index is 0.00000300. The van der Waals surface area contributed by atoms with Crippen LogP contribution in [0.25, 0.3) is 0 Å². The number of amides is 1. The Morgan fingerprint density at radius 3 is 2.41 bits per heavy atom. The number of hydrogen-bond donors (Lipinski definition) is 1. The van der Waals surface area contributed by atoms with Gasteiger partial charge in [-0.1, -0.05) is 0 Å². The van der Waals surface area contributed by atoms with Gasteiger partial charge in [0.25, 0.3) is 0 Å². The first-order valence-electron chi connectivity index (χ1n) is 8.22. The molecule has 29 heavy (non-hydrogen) atoms. The third-order valence-corrected chi connectivity index (χ3v) is 4.37. The number of rotatable bonds is 4. The molecule has 3 rings (SSSR count). The summed E-state index contributed by atoms with van der Waals surface area (Å²) in [6.07, 6.45) is -5.11. The van der Waals surface area contributed by atoms with E-state index in [1.807, 2.05) is 0 Å². The molecule has 0 radical (unpaired) electrons. The molecule has 1 aromatic heterocycles. The molecule has 13 heteroatoms. The molecule has 0 bridgehead atoms. The molecule has 1 atom stereocenters. The van der Waals surface area contributed by atoms with Gasteiger partial charge >= 0.3 is 6.18 Å². The molecule has 1 unspecified atom stereocenters. The number of carbonyl (C=O) groups excluding carboxylic acids is 1. The molecule has 1 aromatic carbocycles. The summed E-state index contributed by atoms with van der Waals surface area (Å²) in [6, 6.07) is 0.184. The van der Waals surface area contributed by atoms with Gasteiger partial charge in [-0.2, -0.15) is 13.2 Å². The Morgan fingerprint density at radius 1 is 1.10 bits per heavy atom. The molecule has 1 aliphatic rings. The summed E-state index contributed by atoms with van der Waals surface area (Å²) in [5.74, 6) is -5.15. The molecule has 4 N–H and O–H groups in total. The standard InChI is InChI=1S/C16H15F6N5O.H2O/c17-10-6-12(19)11(18)4-8(10)3-9(23)5-14(28)26-1-2-27-13(7-26)24-25-15(27)16(20,21)22;/h4,6,9H,1-3,5,7,23H2;1H2. The SMILES string of the molecule is NC(CC(=O)N1CCn2c(nnc2C(F)(F)F)C1)Cc1cc(F)c(F)cc1F.O. The maximum Gasteiger partial charge on any atom is 0.451 e. The highest BCUT2D eigenvalue weighted by atomic mass is 19.4. The second-order valence-electron chi connectivity index (χ2n) is 6.43. The van der Waals surface area contributed by atoms with Crippen LogP contribution in [0, 0.1) is 17.5 Å². The minimum atomic E-state index is -4.64. The van der Waals surface area contributed by atoms with Crippen molar-refractivity contribution < 1.29 is 36.6 Å². The highest BCUT2D eigenvalue weighted by Crippen LogP contribution is 2.29. The molecule has 0 fully saturated rings. The fourth-order valence-corrected chi connectivity index (χ4v) is 3.01. The number of nitrogens with zero attached hydrogens (tertiary/aromatic N) is 4. The van der Waals surface area contributed by atoms with Crippen molar-refractivity contribution in [2.75, 3.05) is 6.54 Å². The maximum atomic E-state index is 13.7. The van der Waals surface area contributed by atoms with Gasteiger partial charge in [0.15, 0.2) is 17.5 Å². The van der Waals surface area contributed by atoms with E-state index in [-0.39, 0.29) is 49.3 Å². The lowest BCUT2D eigenvalue weighted by Gasteiger charge is -2.29. The van der Waals surface area contributed by atoms with E-state index in [0.29, 0.717) is 12.1 Å². The summed E-state index contributed by atoms with van der Waals surface area (Å²) in [5, 5.41) is 6.60. The van der Waals surface area contributed by atoms with E-state index >= 15 is 0 Å². The fraction of sp³-hybridized carbons (Fsp3) is 0.438. The van der Waals surface area contributed by atoms with Crippen LogP contribution in [0.5, 0.6) is 0 Å². The van der Waals surface area contributed by atoms with Crippen LogP contribution >= 0.6 is 0 Å². The first kappa shape index (κ1) is 22.6. The minimum Gasteiger partial charge on any atom is -0.412 e. The summed E-state index contributed by atoms with van der Waals surface area (Å²) in [6.45, 7) is -0.302. The molecule has 0 aliphatic carbocycles. The quantitative estimate of drug-likeness (QED) is 0.586. The summed E-state index contributed by atoms with van der Waals surface area (Å²) in [4.78, 5) is 13.6. The maximum absolute atomic E-state index is 13.7. The zero-order chi connectivity index (χ0) is 20.6. The number of aromatic nitrogens is 3. The average Bonchev–Trinajstić information content (AvgIpc) is 3.03. The summed E-state index contributed by atoms with van der Waals surface area (Å²) >= 11 is 0. The molecule has 2 aromatic rings. The summed E-state index contributed by atoms with van der Waals surface area (Å²) in [7, 11) is 0. The molecule has 1 amide bonds. The van der Waals surface area contributed by atoms with Gasteiger partial charge in [0.1, 0.15) is 5.82 Å². The number of halogens is 6. The minimum absolute atomic E-state index is 0. The Hall–Kier alpha value is -2.67. The van der Waals surface area contributed by atoms with Crippen molar-refractivity contribution in [1.82, 2.24) is 19.7 Å². The van der Waals surface area contributed by atoms with Gasteiger partial charge in [-0.25, -0.2) is 13.2 Å². The highest BCUT2D eigenvalue weighted by Gasteiger charge is 2.39. The summed E-state index contributed by atoms with van der Waals surface area (Å²) < 4.78 is 79.3. The molecular formula is C16H17F6N5O2. The first-order chi connectivity index (χ1) is 13.1. The van der Waals surface area contributed by atoms with Gasteiger partial charge in [0.2, 0.25) is 11.7 Å². The van der Waals surface area contributed by atoms with Crippen molar-refractivity contribution in [3.05, 3.63) is 46.8 Å². The van der Waals surface area contributed by atoms with E-state index in [1.54, 1.807) is 0 Å². The largest absolute Gasteiger partial charge is 0.451 e. The van der Waals surface area contributed by atoms with Gasteiger partial charge < -0.3 is 20.7 Å². The predicted octanol–water partition coefficient (Wildman–Crippen LogP) is 1.19. The van der Waals surface area contributed by atoms with E-state index < -0.39 is 41.4 Å². The van der Waals surface area contributed by atoms with Crippen LogP contribution in [-0.4, -0.2) is 43.6 Å². The van der Waals surface area contributed by atoms with Crippen molar-refractivity contribution >= 4 is 5.91 Å². The van der Waals surface area contributed by atoms with E-state index in [0.717, 1.165) is 4.57 Å². The predicted molar refractivity (Wildman–Crippen MR) is 86.7 cm³/mol. The second kappa shape index (κ2) is 8.37. The molecular weight excluding hydrogens is 408 g/mol. The van der Waals surface area contributed by atoms with Crippen molar-refractivity contribution in [2.45, 2.75) is 38.1 Å². The van der Waals surface area contributed by atoms with Gasteiger partial charge in [0, 0.05) is 31.6 Å². The fourth-order valence-electron chi connectivity index (χ4n) is 3.01. The number of benzene rings is 1. The summed E-state index contributed by atoms with van der Waals surface area (Å²) in [5.41, 5.74) is 5.64. The van der Waals surface area contributed by atoms with Crippen LogP contribution in [0.4, 0.5) is 26.3 Å². The normalized spacial score (nSPS) is 14.9. The molecule has 0 saturated heterocycles. The zero-order valence-electron chi connectivity index (χ0n) is 14.8. The lowest BCUT2D eigenvalue weighted by molar-refractivity contribution is -0.148. The van der Waals surface area contributed by atoms with Crippen LogP contribution < -0.4 is 5.73 Å². The van der Waals surface area contributed by atoms with E-state index in [9.17, 15) is 31.1 Å². The van der Waals surface area contributed by atoms with E-state index in [2.05, 4.69) is 10.2 Å². The van der Waals surface area contributed by atoms with Gasteiger partial charge in [-0.3, -0.25) is 4.79 Å². The third kappa shape index (κ3) is 4.85. The Labute approximate surface area is 160 Å². The lowest BCUT2D eigenvalue weighted by atomic mass is 10.0. The molecule has 1 aliphatic heterocycles. The second-order valence-corrected chi connectivity index (χ2v) is 6.43. The monoisotopic (exact) mass is 425 g/mol. The van der Waals surface area contributed by atoms with Crippen molar-refractivity contribution in [3.8, 4) is 0 Å². The number of alkyl halides is 3. The van der Waals surface area contributed by atoms with Crippen molar-refractivity contribution in [3.63, 3.8) is 0 Å². The number of nitrogens with two attached hydrogens (primary N) is 1. The van der Waals surface area contributed by atoms with Crippen LogP contribution in [0.2, 0.25) is 0 Å². The number of fused-ring (bicyclic) bond motifs is 1. The molecule has 160 valence electrons. The Bertz CT molecular complexity index is 901. The van der Waals surface area contributed by atoms with E-state index in [1.165, 1.54) is 4.90 Å². The van der Waals surface area contributed by atoms with Crippen LogP contribution in [-0.2, 0) is 30.5 Å². The lowest BCUT2D eigenvalue weighted by Crippen LogP contribution is -2.42. The average molecular weight is 425 g/mol. The van der Waals surface area contributed by atoms with Crippen LogP contribution in [0.1, 0.15) is 23.6 Å². The Morgan fingerprint density at radius 2 is 1.76 bits per heavy atom. The molecule has 7 nitrogen and oxygen atoms in total. The number of hydrogen-bond acceptors (Lipinski definition) is 4. The van der Waals surface area contributed by atoms with Crippen LogP contribution in [0.15, 0.2) is 12.1 Å². The smallest absolute Gasteiger partial charge is 0.412 e. The first-order valence-corrected chi connectivity index (χ1v) is 8.22. The van der Waals surface area contributed by atoms with Gasteiger partial charge in [0.05, 0.1) is 6.54 Å². The molecule has 2 heterocycles. The molecule has 0 saturated carbocycles. The van der Waals surface area contributed by atoms with Crippen molar-refractivity contribution in [1.29, 1.82) is 0 Å². The Kier molecular flexibility index (Phi) is 6.53. The number of carbonyl (C=O) groups is 1. The van der Waals surface area contributed by atoms with E-state index in [4.69, 9.17) is 5.73 Å². The zero-order valence-corrected chi connectivity index (χ0v) is 14.8. The third-order valence-electron chi connectivity index (χ3n) is 4.37. The van der Waals surface area contributed by atoms with Crippen molar-refractivity contribution in [2.24, 2.45) is 5.73 Å². The van der Waals surface area contributed by atoms with Gasteiger partial charge in [-0.15, -0.1) is 10.2 Å². The van der Waals surface area contributed by atoms with Crippen LogP contribution in [0.3, 0.4) is 0 Å².